The van der Waals surface area contributed by atoms with Crippen LogP contribution in [0.1, 0.15) is 31.2 Å². The van der Waals surface area contributed by atoms with Gasteiger partial charge in [-0.2, -0.15) is 0 Å². The number of hydrogen-bond donors (Lipinski definition) is 0. The molecule has 2 saturated heterocycles. The van der Waals surface area contributed by atoms with E-state index in [0.29, 0.717) is 72.2 Å². The van der Waals surface area contributed by atoms with Gasteiger partial charge in [0.1, 0.15) is 24.3 Å². The van der Waals surface area contributed by atoms with E-state index >= 15 is 0 Å². The summed E-state index contributed by atoms with van der Waals surface area (Å²) in [6, 6.07) is 11.3. The fourth-order valence-electron chi connectivity index (χ4n) is 5.25. The molecule has 2 aromatic heterocycles. The Bertz CT molecular complexity index is 1620. The number of aryl methyl sites for hydroxylation is 1. The Morgan fingerprint density at radius 2 is 1.90 bits per heavy atom. The number of benzene rings is 2. The minimum atomic E-state index is -0.274. The van der Waals surface area contributed by atoms with Crippen molar-refractivity contribution >= 4 is 28.6 Å². The first-order valence-electron chi connectivity index (χ1n) is 13.2. The van der Waals surface area contributed by atoms with Crippen LogP contribution in [-0.2, 0) is 11.3 Å². The highest BCUT2D eigenvalue weighted by atomic mass is 35.5. The first-order chi connectivity index (χ1) is 19.4. The van der Waals surface area contributed by atoms with E-state index in [0.717, 1.165) is 11.1 Å². The summed E-state index contributed by atoms with van der Waals surface area (Å²) in [6.07, 6.45) is 4.19. The maximum atomic E-state index is 13.8. The monoisotopic (exact) mass is 561 g/mol. The fraction of sp³-hybridized carbons (Fsp3) is 0.345. The highest BCUT2D eigenvalue weighted by molar-refractivity contribution is 6.30. The lowest BCUT2D eigenvalue weighted by Gasteiger charge is -2.33. The number of halogens is 1. The molecule has 10 nitrogen and oxygen atoms in total. The van der Waals surface area contributed by atoms with Gasteiger partial charge < -0.3 is 19.1 Å². The lowest BCUT2D eigenvalue weighted by atomic mass is 10.00. The van der Waals surface area contributed by atoms with Crippen LogP contribution in [0.4, 0.5) is 4.79 Å². The van der Waals surface area contributed by atoms with Crippen molar-refractivity contribution in [2.75, 3.05) is 19.8 Å². The molecule has 0 bridgehead atoms. The number of aromatic nitrogens is 4. The van der Waals surface area contributed by atoms with Crippen LogP contribution in [0.2, 0.25) is 5.02 Å². The van der Waals surface area contributed by atoms with E-state index in [2.05, 4.69) is 9.97 Å². The Balaban J connectivity index is 1.41. The molecule has 4 aromatic rings. The number of piperidine rings is 1. The molecule has 0 N–H and O–H groups in total. The summed E-state index contributed by atoms with van der Waals surface area (Å²) in [5.74, 6) is 1.12. The Morgan fingerprint density at radius 3 is 2.65 bits per heavy atom. The topological polar surface area (TPSA) is 109 Å². The number of rotatable bonds is 7. The normalized spacial score (nSPS) is 18.5. The molecule has 6 rings (SSSR count). The molecule has 0 spiro atoms. The largest absolute Gasteiger partial charge is 0.490 e. The van der Waals surface area contributed by atoms with Crippen LogP contribution in [0.25, 0.3) is 22.0 Å². The van der Waals surface area contributed by atoms with Crippen LogP contribution < -0.4 is 15.0 Å². The molecule has 0 aliphatic carbocycles. The average molecular weight is 562 g/mol. The van der Waals surface area contributed by atoms with Crippen LogP contribution in [0.5, 0.6) is 11.8 Å². The van der Waals surface area contributed by atoms with Crippen LogP contribution in [-0.4, -0.2) is 62.4 Å². The predicted molar refractivity (Wildman–Crippen MR) is 149 cm³/mol. The quantitative estimate of drug-likeness (QED) is 0.321. The molecular formula is C29H28ClN5O5. The number of carbonyl (C=O) groups excluding carboxylic acids is 1. The third-order valence-corrected chi connectivity index (χ3v) is 7.56. The number of carbonyl (C=O) groups is 1. The molecule has 1 amide bonds. The second-order valence-electron chi connectivity index (χ2n) is 9.92. The van der Waals surface area contributed by atoms with E-state index in [4.69, 9.17) is 30.8 Å². The van der Waals surface area contributed by atoms with E-state index in [-0.39, 0.29) is 29.8 Å². The van der Waals surface area contributed by atoms with Gasteiger partial charge in [0.25, 0.3) is 5.56 Å². The summed E-state index contributed by atoms with van der Waals surface area (Å²) < 4.78 is 18.8. The van der Waals surface area contributed by atoms with Crippen LogP contribution in [0.15, 0.2) is 53.6 Å². The molecule has 2 aliphatic heterocycles. The first-order valence-corrected chi connectivity index (χ1v) is 13.6. The van der Waals surface area contributed by atoms with E-state index in [1.54, 1.807) is 40.1 Å². The minimum absolute atomic E-state index is 0.0233. The molecule has 0 unspecified atom stereocenters. The van der Waals surface area contributed by atoms with Gasteiger partial charge in [0, 0.05) is 47.9 Å². The molecular weight excluding hydrogens is 534 g/mol. The SMILES string of the molecule is CCOc1ncc(-c2cc3nc(C)n(Cc4ccc(Cl)cc4)c(=O)c3cc2O[C@H]2CCN3C(=O)OC[C@@H]3C2)cn1. The number of hydrogen-bond acceptors (Lipinski definition) is 8. The second kappa shape index (κ2) is 10.8. The number of ether oxygens (including phenoxy) is 3. The Hall–Kier alpha value is -4.18. The molecule has 2 aliphatic rings. The van der Waals surface area contributed by atoms with Gasteiger partial charge in [-0.3, -0.25) is 9.36 Å². The van der Waals surface area contributed by atoms with Gasteiger partial charge in [0.2, 0.25) is 0 Å². The highest BCUT2D eigenvalue weighted by Gasteiger charge is 2.39. The molecule has 2 atom stereocenters. The van der Waals surface area contributed by atoms with Crippen molar-refractivity contribution in [2.24, 2.45) is 0 Å². The molecule has 4 heterocycles. The Kier molecular flexibility index (Phi) is 7.02. The summed E-state index contributed by atoms with van der Waals surface area (Å²) in [5, 5.41) is 1.08. The van der Waals surface area contributed by atoms with E-state index < -0.39 is 0 Å². The molecule has 2 fully saturated rings. The zero-order valence-corrected chi connectivity index (χ0v) is 22.9. The van der Waals surface area contributed by atoms with Crippen molar-refractivity contribution in [3.05, 3.63) is 75.6 Å². The fourth-order valence-corrected chi connectivity index (χ4v) is 5.38. The number of amides is 1. The van der Waals surface area contributed by atoms with Crippen molar-refractivity contribution in [1.82, 2.24) is 24.4 Å². The maximum Gasteiger partial charge on any atom is 0.410 e. The van der Waals surface area contributed by atoms with Crippen molar-refractivity contribution in [1.29, 1.82) is 0 Å². The second-order valence-corrected chi connectivity index (χ2v) is 10.4. The van der Waals surface area contributed by atoms with Crippen LogP contribution >= 0.6 is 11.6 Å². The van der Waals surface area contributed by atoms with Crippen LogP contribution in [0, 0.1) is 6.92 Å². The third-order valence-electron chi connectivity index (χ3n) is 7.31. The van der Waals surface area contributed by atoms with E-state index in [1.165, 1.54) is 0 Å². The average Bonchev–Trinajstić information content (AvgIpc) is 3.32. The van der Waals surface area contributed by atoms with E-state index in [9.17, 15) is 9.59 Å². The third kappa shape index (κ3) is 5.06. The summed E-state index contributed by atoms with van der Waals surface area (Å²) in [5.41, 5.74) is 2.76. The molecule has 2 aromatic carbocycles. The number of cyclic esters (lactones) is 1. The molecule has 40 heavy (non-hydrogen) atoms. The Labute approximate surface area is 235 Å². The molecule has 11 heteroatoms. The number of fused-ring (bicyclic) bond motifs is 2. The van der Waals surface area contributed by atoms with Crippen molar-refractivity contribution in [3.63, 3.8) is 0 Å². The summed E-state index contributed by atoms with van der Waals surface area (Å²) in [4.78, 5) is 40.9. The van der Waals surface area contributed by atoms with Gasteiger partial charge in [-0.15, -0.1) is 0 Å². The summed E-state index contributed by atoms with van der Waals surface area (Å²) >= 11 is 6.04. The lowest BCUT2D eigenvalue weighted by Crippen LogP contribution is -2.44. The van der Waals surface area contributed by atoms with Crippen molar-refractivity contribution in [2.45, 2.75) is 45.4 Å². The Morgan fingerprint density at radius 1 is 1.12 bits per heavy atom. The zero-order valence-electron chi connectivity index (χ0n) is 22.2. The van der Waals surface area contributed by atoms with Gasteiger partial charge in [-0.25, -0.2) is 19.7 Å². The van der Waals surface area contributed by atoms with Crippen molar-refractivity contribution < 1.29 is 19.0 Å². The van der Waals surface area contributed by atoms with E-state index in [1.807, 2.05) is 32.0 Å². The van der Waals surface area contributed by atoms with Crippen molar-refractivity contribution in [3.8, 4) is 22.9 Å². The standard InChI is InChI=1S/C29H28ClN5O5/c1-3-38-28-31-13-19(14-32-28)23-11-25-24(12-26(23)40-22-8-9-34-21(10-22)16-39-29(34)37)27(36)35(17(2)33-25)15-18-4-6-20(30)7-5-18/h4-7,11-14,21-22H,3,8-10,15-16H2,1-2H3/t21-,22-/m0/s1. The molecule has 0 saturated carbocycles. The maximum absolute atomic E-state index is 13.8. The summed E-state index contributed by atoms with van der Waals surface area (Å²) in [7, 11) is 0. The van der Waals surface area contributed by atoms with Gasteiger partial charge in [0.05, 0.1) is 30.1 Å². The predicted octanol–water partition coefficient (Wildman–Crippen LogP) is 4.62. The minimum Gasteiger partial charge on any atom is -0.490 e. The van der Waals surface area contributed by atoms with Gasteiger partial charge in [0.15, 0.2) is 0 Å². The van der Waals surface area contributed by atoms with Crippen LogP contribution in [0.3, 0.4) is 0 Å². The van der Waals surface area contributed by atoms with Gasteiger partial charge in [-0.05, 0) is 43.7 Å². The molecule has 206 valence electrons. The highest BCUT2D eigenvalue weighted by Crippen LogP contribution is 2.36. The zero-order chi connectivity index (χ0) is 27.8. The number of nitrogens with zero attached hydrogens (tertiary/aromatic N) is 5. The van der Waals surface area contributed by atoms with Gasteiger partial charge >= 0.3 is 12.1 Å². The van der Waals surface area contributed by atoms with Gasteiger partial charge in [-0.1, -0.05) is 23.7 Å². The molecule has 0 radical (unpaired) electrons. The summed E-state index contributed by atoms with van der Waals surface area (Å²) in [6.45, 7) is 5.42. The first kappa shape index (κ1) is 26.1. The smallest absolute Gasteiger partial charge is 0.410 e. The lowest BCUT2D eigenvalue weighted by molar-refractivity contribution is 0.0941.